The summed E-state index contributed by atoms with van der Waals surface area (Å²) in [5.41, 5.74) is 1.97. The van der Waals surface area contributed by atoms with Gasteiger partial charge in [-0.3, -0.25) is 10.0 Å². The Balaban J connectivity index is 2.04. The van der Waals surface area contributed by atoms with Crippen molar-refractivity contribution in [2.24, 2.45) is 0 Å². The van der Waals surface area contributed by atoms with Gasteiger partial charge in [0.2, 0.25) is 0 Å². The van der Waals surface area contributed by atoms with Gasteiger partial charge in [-0.25, -0.2) is 4.98 Å². The number of pyridine rings is 1. The maximum Gasteiger partial charge on any atom is 0.281 e. The van der Waals surface area contributed by atoms with E-state index in [0.717, 1.165) is 11.3 Å². The molecule has 0 spiro atoms. The number of aromatic amines is 1. The van der Waals surface area contributed by atoms with Gasteiger partial charge in [0.05, 0.1) is 11.1 Å². The van der Waals surface area contributed by atoms with E-state index in [9.17, 15) is 10.0 Å². The highest BCUT2D eigenvalue weighted by atomic mass is 16.5. The van der Waals surface area contributed by atoms with Crippen LogP contribution in [0.5, 0.6) is 0 Å². The van der Waals surface area contributed by atoms with E-state index >= 15 is 0 Å². The minimum absolute atomic E-state index is 0.404. The number of hydroxylamine groups is 2. The normalized spacial score (nSPS) is 18.2. The first-order valence-electron chi connectivity index (χ1n) is 5.61. The number of rotatable bonds is 1. The molecule has 1 aliphatic rings. The van der Waals surface area contributed by atoms with Crippen molar-refractivity contribution in [3.05, 3.63) is 59.9 Å². The van der Waals surface area contributed by atoms with Gasteiger partial charge in [0.15, 0.2) is 18.6 Å². The minimum Gasteiger partial charge on any atom is -0.359 e. The maximum absolute atomic E-state index is 12.0. The minimum atomic E-state index is -0.579. The van der Waals surface area contributed by atoms with Crippen molar-refractivity contribution in [1.82, 2.24) is 5.06 Å². The van der Waals surface area contributed by atoms with Crippen molar-refractivity contribution >= 4 is 11.6 Å². The van der Waals surface area contributed by atoms with E-state index in [1.807, 2.05) is 24.3 Å². The molecule has 0 bridgehead atoms. The molecule has 3 rings (SSSR count). The molecule has 0 fully saturated rings. The summed E-state index contributed by atoms with van der Waals surface area (Å²) >= 11 is 0. The third kappa shape index (κ3) is 1.61. The highest BCUT2D eigenvalue weighted by molar-refractivity contribution is 6.00. The second-order valence-electron chi connectivity index (χ2n) is 4.08. The van der Waals surface area contributed by atoms with Gasteiger partial charge in [0.25, 0.3) is 5.91 Å². The molecular formula is C13H12N3O2+. The van der Waals surface area contributed by atoms with Gasteiger partial charge in [-0.2, -0.15) is 5.06 Å². The summed E-state index contributed by atoms with van der Waals surface area (Å²) < 4.78 is 0. The molecule has 0 saturated heterocycles. The highest BCUT2D eigenvalue weighted by Crippen LogP contribution is 2.30. The average molecular weight is 242 g/mol. The number of nitrogens with zero attached hydrogens (tertiary/aromatic N) is 1. The Bertz CT molecular complexity index is 586. The number of H-pyrrole nitrogens is 1. The van der Waals surface area contributed by atoms with Crippen molar-refractivity contribution in [2.45, 2.75) is 6.17 Å². The van der Waals surface area contributed by atoms with Crippen LogP contribution in [-0.2, 0) is 0 Å². The third-order valence-electron chi connectivity index (χ3n) is 2.95. The Morgan fingerprint density at radius 1 is 1.22 bits per heavy atom. The van der Waals surface area contributed by atoms with Crippen LogP contribution in [-0.4, -0.2) is 16.2 Å². The first-order chi connectivity index (χ1) is 8.77. The Morgan fingerprint density at radius 3 is 2.83 bits per heavy atom. The smallest absolute Gasteiger partial charge is 0.281 e. The molecule has 5 nitrogen and oxygen atoms in total. The van der Waals surface area contributed by atoms with Gasteiger partial charge in [-0.05, 0) is 18.2 Å². The largest absolute Gasteiger partial charge is 0.359 e. The zero-order valence-electron chi connectivity index (χ0n) is 9.50. The van der Waals surface area contributed by atoms with Crippen LogP contribution in [0.25, 0.3) is 0 Å². The molecule has 5 heteroatoms. The number of carbonyl (C=O) groups is 1. The zero-order chi connectivity index (χ0) is 12.5. The summed E-state index contributed by atoms with van der Waals surface area (Å²) in [6.45, 7) is 0. The van der Waals surface area contributed by atoms with Crippen LogP contribution >= 0.6 is 0 Å². The predicted octanol–water partition coefficient (Wildman–Crippen LogP) is 1.46. The Kier molecular flexibility index (Phi) is 2.46. The van der Waals surface area contributed by atoms with Crippen molar-refractivity contribution in [2.75, 3.05) is 5.32 Å². The van der Waals surface area contributed by atoms with Gasteiger partial charge in [0.1, 0.15) is 0 Å². The van der Waals surface area contributed by atoms with Crippen LogP contribution in [0, 0.1) is 0 Å². The lowest BCUT2D eigenvalue weighted by Gasteiger charge is -2.32. The quantitative estimate of drug-likeness (QED) is 0.744. The Hall–Kier alpha value is -2.40. The summed E-state index contributed by atoms with van der Waals surface area (Å²) in [5.74, 6) is -0.404. The molecule has 1 amide bonds. The van der Waals surface area contributed by atoms with Crippen LogP contribution < -0.4 is 10.3 Å². The number of para-hydroxylation sites is 1. The second kappa shape index (κ2) is 4.12. The van der Waals surface area contributed by atoms with Crippen molar-refractivity contribution in [3.8, 4) is 0 Å². The fourth-order valence-electron chi connectivity index (χ4n) is 2.05. The molecule has 3 N–H and O–H groups in total. The molecular weight excluding hydrogens is 230 g/mol. The molecule has 1 aromatic heterocycles. The Morgan fingerprint density at radius 2 is 2.06 bits per heavy atom. The first kappa shape index (κ1) is 10.7. The summed E-state index contributed by atoms with van der Waals surface area (Å²) in [5, 5.41) is 13.8. The summed E-state index contributed by atoms with van der Waals surface area (Å²) in [4.78, 5) is 15.0. The first-order valence-corrected chi connectivity index (χ1v) is 5.61. The molecule has 1 aliphatic heterocycles. The van der Waals surface area contributed by atoms with E-state index < -0.39 is 12.1 Å². The van der Waals surface area contributed by atoms with Crippen LogP contribution in [0.3, 0.4) is 0 Å². The lowest BCUT2D eigenvalue weighted by molar-refractivity contribution is -0.379. The number of nitrogens with one attached hydrogen (secondary N) is 2. The molecule has 2 aromatic rings. The van der Waals surface area contributed by atoms with E-state index in [1.165, 1.54) is 0 Å². The van der Waals surface area contributed by atoms with Gasteiger partial charge >= 0.3 is 0 Å². The van der Waals surface area contributed by atoms with Crippen LogP contribution in [0.1, 0.15) is 22.1 Å². The van der Waals surface area contributed by atoms with Gasteiger partial charge < -0.3 is 5.32 Å². The number of carbonyl (C=O) groups excluding carboxylic acids is 1. The molecule has 90 valence electrons. The number of fused-ring (bicyclic) bond motifs is 1. The topological polar surface area (TPSA) is 66.7 Å². The lowest BCUT2D eigenvalue weighted by Crippen LogP contribution is -2.40. The Labute approximate surface area is 104 Å². The SMILES string of the molecule is O=C1c2ccccc2NC(c2ccc[nH+]c2)N1O. The summed E-state index contributed by atoms with van der Waals surface area (Å²) in [6.07, 6.45) is 2.93. The van der Waals surface area contributed by atoms with Crippen LogP contribution in [0.15, 0.2) is 48.8 Å². The van der Waals surface area contributed by atoms with Crippen LogP contribution in [0.2, 0.25) is 0 Å². The van der Waals surface area contributed by atoms with Crippen LogP contribution in [0.4, 0.5) is 5.69 Å². The van der Waals surface area contributed by atoms with Crippen molar-refractivity contribution in [3.63, 3.8) is 0 Å². The number of hydrogen-bond acceptors (Lipinski definition) is 3. The molecule has 1 aromatic carbocycles. The number of hydrogen-bond donors (Lipinski definition) is 2. The van der Waals surface area contributed by atoms with E-state index in [-0.39, 0.29) is 0 Å². The van der Waals surface area contributed by atoms with E-state index in [2.05, 4.69) is 10.3 Å². The van der Waals surface area contributed by atoms with E-state index in [0.29, 0.717) is 10.6 Å². The molecule has 1 atom stereocenters. The standard InChI is InChI=1S/C13H11N3O2/c17-13-10-5-1-2-6-11(10)15-12(16(13)18)9-4-3-7-14-8-9/h1-8,12,15,18H/p+1. The highest BCUT2D eigenvalue weighted by Gasteiger charge is 2.32. The zero-order valence-corrected chi connectivity index (χ0v) is 9.50. The summed E-state index contributed by atoms with van der Waals surface area (Å²) in [6, 6.07) is 10.8. The predicted molar refractivity (Wildman–Crippen MR) is 63.8 cm³/mol. The van der Waals surface area contributed by atoms with Gasteiger partial charge in [-0.1, -0.05) is 12.1 Å². The van der Waals surface area contributed by atoms with E-state index in [1.54, 1.807) is 24.5 Å². The molecule has 2 heterocycles. The number of benzene rings is 1. The summed E-state index contributed by atoms with van der Waals surface area (Å²) in [7, 11) is 0. The maximum atomic E-state index is 12.0. The molecule has 18 heavy (non-hydrogen) atoms. The van der Waals surface area contributed by atoms with Gasteiger partial charge in [-0.15, -0.1) is 0 Å². The number of amides is 1. The molecule has 0 saturated carbocycles. The number of aromatic nitrogens is 1. The molecule has 0 aliphatic carbocycles. The molecule has 1 unspecified atom stereocenters. The molecule has 0 radical (unpaired) electrons. The third-order valence-corrected chi connectivity index (χ3v) is 2.95. The fraction of sp³-hybridized carbons (Fsp3) is 0.0769. The van der Waals surface area contributed by atoms with Crippen molar-refractivity contribution in [1.29, 1.82) is 0 Å². The van der Waals surface area contributed by atoms with E-state index in [4.69, 9.17) is 0 Å². The fourth-order valence-corrected chi connectivity index (χ4v) is 2.05. The second-order valence-corrected chi connectivity index (χ2v) is 4.08. The van der Waals surface area contributed by atoms with Crippen molar-refractivity contribution < 1.29 is 15.0 Å². The number of anilines is 1. The lowest BCUT2D eigenvalue weighted by atomic mass is 10.1. The van der Waals surface area contributed by atoms with Gasteiger partial charge in [0, 0.05) is 11.8 Å². The average Bonchev–Trinajstić information content (AvgIpc) is 2.44. The monoisotopic (exact) mass is 242 g/mol.